The first-order valence-electron chi connectivity index (χ1n) is 5.91. The first kappa shape index (κ1) is 14.9. The van der Waals surface area contributed by atoms with Crippen LogP contribution in [-0.2, 0) is 10.0 Å². The third-order valence-corrected chi connectivity index (χ3v) is 3.99. The summed E-state index contributed by atoms with van der Waals surface area (Å²) in [6.07, 6.45) is 1.34. The van der Waals surface area contributed by atoms with Crippen molar-refractivity contribution in [1.29, 1.82) is 0 Å². The molecule has 0 aliphatic heterocycles. The summed E-state index contributed by atoms with van der Waals surface area (Å²) >= 11 is 0. The van der Waals surface area contributed by atoms with Crippen molar-refractivity contribution in [2.75, 3.05) is 18.9 Å². The minimum atomic E-state index is -3.36. The fraction of sp³-hybridized carbons (Fsp3) is 0.500. The molecule has 0 bridgehead atoms. The molecule has 1 aromatic rings. The predicted molar refractivity (Wildman–Crippen MR) is 72.1 cm³/mol. The molecular weight excluding hydrogens is 252 g/mol. The van der Waals surface area contributed by atoms with Crippen molar-refractivity contribution >= 4 is 15.7 Å². The highest BCUT2D eigenvalue weighted by atomic mass is 32.2. The Kier molecular flexibility index (Phi) is 5.58. The van der Waals surface area contributed by atoms with E-state index < -0.39 is 10.0 Å². The van der Waals surface area contributed by atoms with Gasteiger partial charge in [-0.1, -0.05) is 0 Å². The van der Waals surface area contributed by atoms with E-state index in [0.29, 0.717) is 0 Å². The van der Waals surface area contributed by atoms with Crippen LogP contribution in [0.5, 0.6) is 0 Å². The van der Waals surface area contributed by atoms with Crippen LogP contribution in [0.15, 0.2) is 29.2 Å². The van der Waals surface area contributed by atoms with Gasteiger partial charge in [-0.3, -0.25) is 0 Å². The van der Waals surface area contributed by atoms with E-state index in [4.69, 9.17) is 5.11 Å². The minimum absolute atomic E-state index is 0.250. The van der Waals surface area contributed by atoms with E-state index in [2.05, 4.69) is 10.0 Å². The summed E-state index contributed by atoms with van der Waals surface area (Å²) in [4.78, 5) is 0.250. The van der Waals surface area contributed by atoms with Crippen molar-refractivity contribution in [1.82, 2.24) is 4.72 Å². The van der Waals surface area contributed by atoms with E-state index >= 15 is 0 Å². The molecule has 6 heteroatoms. The lowest BCUT2D eigenvalue weighted by Gasteiger charge is -2.08. The van der Waals surface area contributed by atoms with Gasteiger partial charge in [-0.25, -0.2) is 13.1 Å². The lowest BCUT2D eigenvalue weighted by atomic mass is 10.2. The predicted octanol–water partition coefficient (Wildman–Crippen LogP) is 1.17. The molecule has 0 aromatic heterocycles. The number of sulfonamides is 1. The maximum Gasteiger partial charge on any atom is 0.240 e. The van der Waals surface area contributed by atoms with Crippen LogP contribution in [-0.4, -0.2) is 33.2 Å². The molecule has 1 rings (SSSR count). The van der Waals surface area contributed by atoms with Crippen molar-refractivity contribution in [2.24, 2.45) is 0 Å². The van der Waals surface area contributed by atoms with Crippen LogP contribution in [0, 0.1) is 0 Å². The molecule has 0 aliphatic rings. The molecule has 1 unspecified atom stereocenters. The fourth-order valence-electron chi connectivity index (χ4n) is 1.50. The van der Waals surface area contributed by atoms with E-state index in [1.54, 1.807) is 31.2 Å². The number of benzene rings is 1. The van der Waals surface area contributed by atoms with Crippen LogP contribution >= 0.6 is 0 Å². The number of aliphatic hydroxyl groups is 1. The summed E-state index contributed by atoms with van der Waals surface area (Å²) in [5, 5.41) is 12.3. The van der Waals surface area contributed by atoms with Crippen LogP contribution in [0.3, 0.4) is 0 Å². The molecule has 3 N–H and O–H groups in total. The SMILES string of the molecule is CNS(=O)(=O)c1ccc(NCCCC(C)O)cc1. The highest BCUT2D eigenvalue weighted by molar-refractivity contribution is 7.89. The van der Waals surface area contributed by atoms with Crippen LogP contribution < -0.4 is 10.0 Å². The molecule has 0 fully saturated rings. The highest BCUT2D eigenvalue weighted by Crippen LogP contribution is 2.13. The van der Waals surface area contributed by atoms with Gasteiger partial charge in [-0.2, -0.15) is 0 Å². The lowest BCUT2D eigenvalue weighted by molar-refractivity contribution is 0.183. The highest BCUT2D eigenvalue weighted by Gasteiger charge is 2.09. The lowest BCUT2D eigenvalue weighted by Crippen LogP contribution is -2.18. The largest absolute Gasteiger partial charge is 0.393 e. The van der Waals surface area contributed by atoms with Crippen molar-refractivity contribution < 1.29 is 13.5 Å². The second-order valence-electron chi connectivity index (χ2n) is 4.15. The molecule has 0 spiro atoms. The number of anilines is 1. The molecule has 1 atom stereocenters. The molecule has 0 saturated heterocycles. The Balaban J connectivity index is 2.51. The minimum Gasteiger partial charge on any atom is -0.393 e. The van der Waals surface area contributed by atoms with Gasteiger partial charge >= 0.3 is 0 Å². The Morgan fingerprint density at radius 2 is 1.89 bits per heavy atom. The van der Waals surface area contributed by atoms with Gasteiger partial charge in [0.1, 0.15) is 0 Å². The summed E-state index contributed by atoms with van der Waals surface area (Å²) in [6.45, 7) is 2.51. The van der Waals surface area contributed by atoms with Crippen molar-refractivity contribution in [3.63, 3.8) is 0 Å². The molecule has 102 valence electrons. The maximum atomic E-state index is 11.5. The van der Waals surface area contributed by atoms with Gasteiger partial charge in [0.2, 0.25) is 10.0 Å². The van der Waals surface area contributed by atoms with Crippen LogP contribution in [0.1, 0.15) is 19.8 Å². The number of rotatable bonds is 7. The molecule has 5 nitrogen and oxygen atoms in total. The van der Waals surface area contributed by atoms with Gasteiger partial charge in [-0.05, 0) is 51.1 Å². The molecule has 0 radical (unpaired) electrons. The van der Waals surface area contributed by atoms with Crippen LogP contribution in [0.4, 0.5) is 5.69 Å². The van der Waals surface area contributed by atoms with Crippen molar-refractivity contribution in [2.45, 2.75) is 30.8 Å². The van der Waals surface area contributed by atoms with Gasteiger partial charge in [-0.15, -0.1) is 0 Å². The first-order valence-corrected chi connectivity index (χ1v) is 7.39. The average molecular weight is 272 g/mol. The number of aliphatic hydroxyl groups excluding tert-OH is 1. The zero-order valence-electron chi connectivity index (χ0n) is 10.7. The zero-order chi connectivity index (χ0) is 13.6. The average Bonchev–Trinajstić information content (AvgIpc) is 2.35. The van der Waals surface area contributed by atoms with Crippen LogP contribution in [0.2, 0.25) is 0 Å². The summed E-state index contributed by atoms with van der Waals surface area (Å²) in [5.41, 5.74) is 0.871. The molecule has 0 aliphatic carbocycles. The van der Waals surface area contributed by atoms with E-state index in [9.17, 15) is 8.42 Å². The van der Waals surface area contributed by atoms with Gasteiger partial charge < -0.3 is 10.4 Å². The Bertz CT molecular complexity index is 455. The normalized spacial score (nSPS) is 13.3. The summed E-state index contributed by atoms with van der Waals surface area (Å²) < 4.78 is 25.2. The van der Waals surface area contributed by atoms with Crippen molar-refractivity contribution in [3.05, 3.63) is 24.3 Å². The Morgan fingerprint density at radius 1 is 1.28 bits per heavy atom. The molecule has 0 amide bonds. The third-order valence-electron chi connectivity index (χ3n) is 2.56. The molecule has 0 heterocycles. The summed E-state index contributed by atoms with van der Waals surface area (Å²) in [7, 11) is -1.98. The number of hydrogen-bond donors (Lipinski definition) is 3. The van der Waals surface area contributed by atoms with Crippen LogP contribution in [0.25, 0.3) is 0 Å². The molecule has 18 heavy (non-hydrogen) atoms. The summed E-state index contributed by atoms with van der Waals surface area (Å²) in [6, 6.07) is 6.57. The Hall–Kier alpha value is -1.11. The first-order chi connectivity index (χ1) is 8.45. The van der Waals surface area contributed by atoms with Gasteiger partial charge in [0.15, 0.2) is 0 Å². The van der Waals surface area contributed by atoms with Gasteiger partial charge in [0, 0.05) is 12.2 Å². The van der Waals surface area contributed by atoms with Gasteiger partial charge in [0.05, 0.1) is 11.0 Å². The zero-order valence-corrected chi connectivity index (χ0v) is 11.5. The third kappa shape index (κ3) is 4.64. The summed E-state index contributed by atoms with van der Waals surface area (Å²) in [5.74, 6) is 0. The fourth-order valence-corrected chi connectivity index (χ4v) is 2.23. The number of nitrogens with one attached hydrogen (secondary N) is 2. The van der Waals surface area contributed by atoms with E-state index in [1.165, 1.54) is 7.05 Å². The molecule has 0 saturated carbocycles. The second kappa shape index (κ2) is 6.72. The van der Waals surface area contributed by atoms with E-state index in [0.717, 1.165) is 25.1 Å². The van der Waals surface area contributed by atoms with Crippen molar-refractivity contribution in [3.8, 4) is 0 Å². The Labute approximate surface area is 108 Å². The van der Waals surface area contributed by atoms with E-state index in [1.807, 2.05) is 0 Å². The second-order valence-corrected chi connectivity index (χ2v) is 6.04. The number of hydrogen-bond acceptors (Lipinski definition) is 4. The Morgan fingerprint density at radius 3 is 2.39 bits per heavy atom. The quantitative estimate of drug-likeness (QED) is 0.651. The van der Waals surface area contributed by atoms with E-state index in [-0.39, 0.29) is 11.0 Å². The van der Waals surface area contributed by atoms with Gasteiger partial charge in [0.25, 0.3) is 0 Å². The standard InChI is InChI=1S/C12H20N2O3S/c1-10(15)4-3-9-14-11-5-7-12(8-6-11)18(16,17)13-2/h5-8,10,13-15H,3-4,9H2,1-2H3. The molecular formula is C12H20N2O3S. The monoisotopic (exact) mass is 272 g/mol. The molecule has 1 aromatic carbocycles. The maximum absolute atomic E-state index is 11.5. The topological polar surface area (TPSA) is 78.4 Å². The smallest absolute Gasteiger partial charge is 0.240 e.